The molecule has 0 saturated carbocycles. The number of rotatable bonds is 6. The summed E-state index contributed by atoms with van der Waals surface area (Å²) in [6.07, 6.45) is 4.48. The highest BCUT2D eigenvalue weighted by atomic mass is 16.6. The number of methoxy groups -OCH3 is 1. The van der Waals surface area contributed by atoms with Crippen molar-refractivity contribution < 1.29 is 9.66 Å². The number of aromatic nitrogens is 3. The molecule has 0 aliphatic rings. The van der Waals surface area contributed by atoms with Crippen molar-refractivity contribution in [3.8, 4) is 6.07 Å². The number of hydrogen-bond donors (Lipinski definition) is 1. The Morgan fingerprint density at radius 1 is 1.57 bits per heavy atom. The van der Waals surface area contributed by atoms with E-state index in [1.165, 1.54) is 18.5 Å². The predicted molar refractivity (Wildman–Crippen MR) is 73.0 cm³/mol. The van der Waals surface area contributed by atoms with Crippen LogP contribution in [0.15, 0.2) is 24.7 Å². The maximum absolute atomic E-state index is 11.0. The van der Waals surface area contributed by atoms with E-state index in [9.17, 15) is 10.1 Å². The summed E-state index contributed by atoms with van der Waals surface area (Å²) < 4.78 is 6.58. The van der Waals surface area contributed by atoms with Gasteiger partial charge in [-0.05, 0) is 0 Å². The molecule has 9 heteroatoms. The summed E-state index contributed by atoms with van der Waals surface area (Å²) in [7, 11) is 1.59. The summed E-state index contributed by atoms with van der Waals surface area (Å²) in [5.41, 5.74) is 0.424. The molecular formula is C12H12N6O3. The third-order valence-corrected chi connectivity index (χ3v) is 2.61. The van der Waals surface area contributed by atoms with Crippen LogP contribution in [0.3, 0.4) is 0 Å². The van der Waals surface area contributed by atoms with E-state index in [2.05, 4.69) is 15.4 Å². The molecule has 2 aromatic heterocycles. The predicted octanol–water partition coefficient (Wildman–Crippen LogP) is 1.45. The van der Waals surface area contributed by atoms with E-state index in [1.807, 2.05) is 6.07 Å². The summed E-state index contributed by atoms with van der Waals surface area (Å²) in [6, 6.07) is 2.99. The van der Waals surface area contributed by atoms with Crippen LogP contribution in [0, 0.1) is 21.4 Å². The number of nitrogens with zero attached hydrogens (tertiary/aromatic N) is 5. The minimum absolute atomic E-state index is 0.0605. The maximum Gasteiger partial charge on any atom is 0.313 e. The largest absolute Gasteiger partial charge is 0.383 e. The summed E-state index contributed by atoms with van der Waals surface area (Å²) in [5, 5.41) is 26.7. The molecule has 1 N–H and O–H groups in total. The average molecular weight is 288 g/mol. The van der Waals surface area contributed by atoms with Gasteiger partial charge in [-0.25, -0.2) is 4.98 Å². The van der Waals surface area contributed by atoms with E-state index in [4.69, 9.17) is 10.00 Å². The van der Waals surface area contributed by atoms with Crippen molar-refractivity contribution in [1.29, 1.82) is 5.26 Å². The van der Waals surface area contributed by atoms with Crippen molar-refractivity contribution in [2.45, 2.75) is 6.54 Å². The van der Waals surface area contributed by atoms with Crippen LogP contribution >= 0.6 is 0 Å². The second-order valence-corrected chi connectivity index (χ2v) is 4.07. The van der Waals surface area contributed by atoms with E-state index in [0.717, 1.165) is 0 Å². The van der Waals surface area contributed by atoms with Crippen molar-refractivity contribution >= 4 is 17.2 Å². The molecule has 0 aromatic carbocycles. The van der Waals surface area contributed by atoms with Gasteiger partial charge in [-0.2, -0.15) is 10.4 Å². The first-order valence-corrected chi connectivity index (χ1v) is 5.97. The van der Waals surface area contributed by atoms with Crippen LogP contribution in [0.25, 0.3) is 0 Å². The monoisotopic (exact) mass is 288 g/mol. The van der Waals surface area contributed by atoms with Gasteiger partial charge in [0.05, 0.1) is 35.5 Å². The summed E-state index contributed by atoms with van der Waals surface area (Å²) >= 11 is 0. The third-order valence-electron chi connectivity index (χ3n) is 2.61. The van der Waals surface area contributed by atoms with Crippen LogP contribution in [-0.4, -0.2) is 33.4 Å². The molecule has 2 aromatic rings. The Balaban J connectivity index is 2.21. The highest BCUT2D eigenvalue weighted by Crippen LogP contribution is 2.25. The van der Waals surface area contributed by atoms with Crippen molar-refractivity contribution in [2.24, 2.45) is 0 Å². The Morgan fingerprint density at radius 2 is 2.38 bits per heavy atom. The number of hydrogen-bond acceptors (Lipinski definition) is 7. The molecule has 2 rings (SSSR count). The van der Waals surface area contributed by atoms with Gasteiger partial charge in [0.1, 0.15) is 6.07 Å². The first-order chi connectivity index (χ1) is 10.1. The smallest absolute Gasteiger partial charge is 0.313 e. The Kier molecular flexibility index (Phi) is 4.43. The SMILES string of the molecule is COCCn1cc(Nc2ncc(C#N)cc2[N+](=O)[O-])cn1. The molecule has 0 fully saturated rings. The highest BCUT2D eigenvalue weighted by molar-refractivity contribution is 5.65. The van der Waals surface area contributed by atoms with E-state index in [1.54, 1.807) is 18.0 Å². The van der Waals surface area contributed by atoms with Gasteiger partial charge in [0, 0.05) is 25.6 Å². The maximum atomic E-state index is 11.0. The van der Waals surface area contributed by atoms with Crippen molar-refractivity contribution in [3.63, 3.8) is 0 Å². The zero-order valence-corrected chi connectivity index (χ0v) is 11.2. The molecule has 2 heterocycles. The molecule has 108 valence electrons. The standard InChI is InChI=1S/C12H12N6O3/c1-21-3-2-17-8-10(7-15-17)16-12-11(18(19)20)4-9(5-13)6-14-12/h4,6-8H,2-3H2,1H3,(H,14,16). The van der Waals surface area contributed by atoms with Gasteiger partial charge in [0.15, 0.2) is 0 Å². The normalized spacial score (nSPS) is 10.1. The molecule has 0 unspecified atom stereocenters. The fraction of sp³-hybridized carbons (Fsp3) is 0.250. The minimum Gasteiger partial charge on any atom is -0.383 e. The van der Waals surface area contributed by atoms with Gasteiger partial charge in [-0.1, -0.05) is 0 Å². The van der Waals surface area contributed by atoms with Gasteiger partial charge < -0.3 is 10.1 Å². The van der Waals surface area contributed by atoms with Crippen LogP contribution in [-0.2, 0) is 11.3 Å². The van der Waals surface area contributed by atoms with Crippen LogP contribution in [0.1, 0.15) is 5.56 Å². The zero-order valence-electron chi connectivity index (χ0n) is 11.2. The van der Waals surface area contributed by atoms with Gasteiger partial charge in [0.25, 0.3) is 0 Å². The quantitative estimate of drug-likeness (QED) is 0.631. The second kappa shape index (κ2) is 6.44. The number of pyridine rings is 1. The lowest BCUT2D eigenvalue weighted by Crippen LogP contribution is -2.04. The molecule has 0 spiro atoms. The molecular weight excluding hydrogens is 276 g/mol. The second-order valence-electron chi connectivity index (χ2n) is 4.07. The van der Waals surface area contributed by atoms with Gasteiger partial charge >= 0.3 is 5.69 Å². The molecule has 0 atom stereocenters. The lowest BCUT2D eigenvalue weighted by atomic mass is 10.2. The minimum atomic E-state index is -0.592. The molecule has 0 radical (unpaired) electrons. The lowest BCUT2D eigenvalue weighted by Gasteiger charge is -2.03. The topological polar surface area (TPSA) is 119 Å². The van der Waals surface area contributed by atoms with Crippen molar-refractivity contribution in [3.05, 3.63) is 40.3 Å². The Labute approximate surface area is 119 Å². The summed E-state index contributed by atoms with van der Waals surface area (Å²) in [4.78, 5) is 14.3. The number of anilines is 2. The first-order valence-electron chi connectivity index (χ1n) is 5.97. The number of nitro groups is 1. The Bertz CT molecular complexity index is 691. The zero-order chi connectivity index (χ0) is 15.2. The molecule has 0 saturated heterocycles. The van der Waals surface area contributed by atoms with E-state index in [0.29, 0.717) is 18.8 Å². The molecule has 21 heavy (non-hydrogen) atoms. The summed E-state index contributed by atoms with van der Waals surface area (Å²) in [6.45, 7) is 1.08. The van der Waals surface area contributed by atoms with Crippen molar-refractivity contribution in [1.82, 2.24) is 14.8 Å². The summed E-state index contributed by atoms with van der Waals surface area (Å²) in [5.74, 6) is 0.0605. The van der Waals surface area contributed by atoms with Crippen molar-refractivity contribution in [2.75, 3.05) is 19.0 Å². The van der Waals surface area contributed by atoms with Crippen LogP contribution in [0.2, 0.25) is 0 Å². The van der Waals surface area contributed by atoms with Gasteiger partial charge in [0.2, 0.25) is 5.82 Å². The molecule has 9 nitrogen and oxygen atoms in total. The van der Waals surface area contributed by atoms with E-state index in [-0.39, 0.29) is 17.1 Å². The first kappa shape index (κ1) is 14.4. The fourth-order valence-corrected chi connectivity index (χ4v) is 1.62. The van der Waals surface area contributed by atoms with E-state index >= 15 is 0 Å². The van der Waals surface area contributed by atoms with Crippen LogP contribution < -0.4 is 5.32 Å². The Hall–Kier alpha value is -2.99. The van der Waals surface area contributed by atoms with Crippen LogP contribution in [0.4, 0.5) is 17.2 Å². The molecule has 0 aliphatic heterocycles. The number of nitriles is 1. The molecule has 0 amide bonds. The highest BCUT2D eigenvalue weighted by Gasteiger charge is 2.17. The molecule has 0 bridgehead atoms. The fourth-order valence-electron chi connectivity index (χ4n) is 1.62. The van der Waals surface area contributed by atoms with E-state index < -0.39 is 4.92 Å². The number of ether oxygens (including phenoxy) is 1. The van der Waals surface area contributed by atoms with Gasteiger partial charge in [-0.3, -0.25) is 14.8 Å². The van der Waals surface area contributed by atoms with Crippen LogP contribution in [0.5, 0.6) is 0 Å². The third kappa shape index (κ3) is 3.52. The average Bonchev–Trinajstić information content (AvgIpc) is 2.92. The lowest BCUT2D eigenvalue weighted by molar-refractivity contribution is -0.384. The number of nitrogens with one attached hydrogen (secondary N) is 1. The van der Waals surface area contributed by atoms with Gasteiger partial charge in [-0.15, -0.1) is 0 Å². The molecule has 0 aliphatic carbocycles. The Morgan fingerprint density at radius 3 is 3.05 bits per heavy atom.